The predicted octanol–water partition coefficient (Wildman–Crippen LogP) is 3.35. The normalized spacial score (nSPS) is 21.0. The lowest BCUT2D eigenvalue weighted by Gasteiger charge is -2.38. The number of rotatable bonds is 6. The molecule has 2 aromatic carbocycles. The van der Waals surface area contributed by atoms with E-state index in [1.54, 1.807) is 12.1 Å². The summed E-state index contributed by atoms with van der Waals surface area (Å²) < 4.78 is 40.8. The van der Waals surface area contributed by atoms with E-state index in [0.29, 0.717) is 31.5 Å². The van der Waals surface area contributed by atoms with Crippen LogP contribution < -0.4 is 10.6 Å². The first kappa shape index (κ1) is 32.0. The summed E-state index contributed by atoms with van der Waals surface area (Å²) in [5.74, 6) is -1.97. The molecule has 5 rings (SSSR count). The van der Waals surface area contributed by atoms with Crippen LogP contribution in [0.3, 0.4) is 0 Å². The fraction of sp³-hybridized carbons (Fsp3) is 0.357. The van der Waals surface area contributed by atoms with Crippen molar-refractivity contribution in [3.05, 3.63) is 63.4 Å². The number of hydrogen-bond acceptors (Lipinski definition) is 5. The number of carbonyl (C=O) groups excluding carboxylic acids is 4. The summed E-state index contributed by atoms with van der Waals surface area (Å²) in [6, 6.07) is 8.93. The highest BCUT2D eigenvalue weighted by molar-refractivity contribution is 14.1. The Kier molecular flexibility index (Phi) is 8.86. The molecular formula is C28H29F2IN5O7P. The monoisotopic (exact) mass is 743 g/mol. The summed E-state index contributed by atoms with van der Waals surface area (Å²) in [6.07, 6.45) is 1.40. The van der Waals surface area contributed by atoms with Crippen LogP contribution in [0.4, 0.5) is 14.5 Å². The van der Waals surface area contributed by atoms with Crippen molar-refractivity contribution in [2.75, 3.05) is 18.4 Å². The van der Waals surface area contributed by atoms with Gasteiger partial charge in [0.05, 0.1) is 0 Å². The molecule has 2 aliphatic heterocycles. The molecule has 2 saturated heterocycles. The molecule has 16 heteroatoms. The minimum Gasteiger partial charge on any atom is -0.351 e. The van der Waals surface area contributed by atoms with E-state index >= 15 is 0 Å². The number of fused-ring (bicyclic) bond motifs is 2. The lowest BCUT2D eigenvalue weighted by atomic mass is 10.1. The highest BCUT2D eigenvalue weighted by Gasteiger charge is 2.50. The SMILES string of the molecule is CC(=O)N1CC[C@H]2CC[C@@H](C(=O)Nc3ccc(I)cc3)N2C(=O)[C@@H](NC(=O)c2cc3cc(C(F)(F)P(=O)(O)O)ccc3[nH]2)C1. The molecule has 4 amide bonds. The Morgan fingerprint density at radius 2 is 1.77 bits per heavy atom. The van der Waals surface area contributed by atoms with Crippen LogP contribution >= 0.6 is 30.2 Å². The number of H-pyrrole nitrogens is 1. The minimum absolute atomic E-state index is 0.0853. The smallest absolute Gasteiger partial charge is 0.351 e. The molecule has 0 aliphatic carbocycles. The number of benzene rings is 2. The zero-order valence-corrected chi connectivity index (χ0v) is 26.3. The van der Waals surface area contributed by atoms with Crippen LogP contribution in [0.15, 0.2) is 48.5 Å². The average molecular weight is 743 g/mol. The fourth-order valence-electron chi connectivity index (χ4n) is 5.63. The van der Waals surface area contributed by atoms with Crippen molar-refractivity contribution in [2.24, 2.45) is 0 Å². The van der Waals surface area contributed by atoms with E-state index in [0.717, 1.165) is 21.8 Å². The molecule has 234 valence electrons. The van der Waals surface area contributed by atoms with Gasteiger partial charge in [-0.3, -0.25) is 23.7 Å². The third-order valence-electron chi connectivity index (χ3n) is 7.93. The highest BCUT2D eigenvalue weighted by Crippen LogP contribution is 2.59. The van der Waals surface area contributed by atoms with Gasteiger partial charge in [-0.15, -0.1) is 0 Å². The number of aromatic nitrogens is 1. The first-order valence-corrected chi connectivity index (χ1v) is 16.4. The zero-order chi connectivity index (χ0) is 32.0. The van der Waals surface area contributed by atoms with E-state index in [9.17, 15) is 32.5 Å². The molecular weight excluding hydrogens is 714 g/mol. The van der Waals surface area contributed by atoms with Crippen molar-refractivity contribution >= 4 is 70.4 Å². The Morgan fingerprint density at radius 1 is 1.07 bits per heavy atom. The zero-order valence-electron chi connectivity index (χ0n) is 23.3. The number of nitrogens with zero attached hydrogens (tertiary/aromatic N) is 2. The lowest BCUT2D eigenvalue weighted by Crippen LogP contribution is -2.60. The van der Waals surface area contributed by atoms with Crippen molar-refractivity contribution in [2.45, 2.75) is 50.0 Å². The van der Waals surface area contributed by atoms with E-state index < -0.39 is 42.7 Å². The quantitative estimate of drug-likeness (QED) is 0.190. The van der Waals surface area contributed by atoms with E-state index in [1.807, 2.05) is 12.1 Å². The number of amides is 4. The highest BCUT2D eigenvalue weighted by atomic mass is 127. The molecule has 3 atom stereocenters. The van der Waals surface area contributed by atoms with E-state index in [-0.39, 0.29) is 41.0 Å². The van der Waals surface area contributed by atoms with Gasteiger partial charge in [0.1, 0.15) is 17.8 Å². The van der Waals surface area contributed by atoms with Crippen molar-refractivity contribution in [1.82, 2.24) is 20.1 Å². The van der Waals surface area contributed by atoms with Crippen LogP contribution in [0.1, 0.15) is 42.2 Å². The Labute approximate surface area is 263 Å². The topological polar surface area (TPSA) is 172 Å². The van der Waals surface area contributed by atoms with Gasteiger partial charge in [0.25, 0.3) is 5.91 Å². The maximum absolute atomic E-state index is 14.3. The van der Waals surface area contributed by atoms with Crippen molar-refractivity contribution in [3.63, 3.8) is 0 Å². The van der Waals surface area contributed by atoms with Crippen LogP contribution in [0.5, 0.6) is 0 Å². The van der Waals surface area contributed by atoms with Crippen molar-refractivity contribution < 1.29 is 42.3 Å². The van der Waals surface area contributed by atoms with Crippen molar-refractivity contribution in [3.8, 4) is 0 Å². The molecule has 12 nitrogen and oxygen atoms in total. The second kappa shape index (κ2) is 12.2. The Morgan fingerprint density at radius 3 is 2.43 bits per heavy atom. The van der Waals surface area contributed by atoms with E-state index in [2.05, 4.69) is 38.2 Å². The third kappa shape index (κ3) is 6.36. The summed E-state index contributed by atoms with van der Waals surface area (Å²) in [5, 5.41) is 5.57. The number of alkyl halides is 2. The number of aromatic amines is 1. The van der Waals surface area contributed by atoms with Gasteiger partial charge < -0.3 is 35.2 Å². The van der Waals surface area contributed by atoms with Crippen molar-refractivity contribution in [1.29, 1.82) is 0 Å². The largest absolute Gasteiger partial charge is 0.399 e. The molecule has 2 fully saturated rings. The van der Waals surface area contributed by atoms with Gasteiger partial charge in [0.15, 0.2) is 0 Å². The molecule has 0 spiro atoms. The van der Waals surface area contributed by atoms with E-state index in [4.69, 9.17) is 9.79 Å². The van der Waals surface area contributed by atoms with Crippen LogP contribution in [0.2, 0.25) is 0 Å². The number of nitrogens with one attached hydrogen (secondary N) is 3. The second-order valence-corrected chi connectivity index (χ2v) is 13.7. The van der Waals surface area contributed by atoms with Gasteiger partial charge in [-0.05, 0) is 84.3 Å². The van der Waals surface area contributed by atoms with Gasteiger partial charge in [-0.2, -0.15) is 8.78 Å². The molecule has 3 heterocycles. The standard InChI is InChI=1S/C28H29F2IN5O7P/c1-15(37)35-11-10-20-7-9-24(26(39)32-19-5-3-18(31)4-6-19)36(20)27(40)23(14-35)34-25(38)22-13-16-12-17(2-8-21(16)33-22)28(29,30)44(41,42)43/h2-6,8,12-13,20,23-24,33H,7,9-11,14H2,1H3,(H,32,39)(H,34,38)(H2,41,42,43)/t20-,23+,24+/m1/s1. The molecule has 0 unspecified atom stereocenters. The van der Waals surface area contributed by atoms with Gasteiger partial charge >= 0.3 is 13.3 Å². The van der Waals surface area contributed by atoms with Gasteiger partial charge in [-0.1, -0.05) is 6.07 Å². The second-order valence-electron chi connectivity index (χ2n) is 10.8. The summed E-state index contributed by atoms with van der Waals surface area (Å²) >= 11 is 2.15. The third-order valence-corrected chi connectivity index (χ3v) is 9.64. The van der Waals surface area contributed by atoms with Gasteiger partial charge in [0.2, 0.25) is 17.7 Å². The first-order valence-electron chi connectivity index (χ1n) is 13.7. The maximum atomic E-state index is 14.3. The van der Waals surface area contributed by atoms with Crippen LogP contribution in [-0.2, 0) is 24.6 Å². The lowest BCUT2D eigenvalue weighted by molar-refractivity contribution is -0.143. The van der Waals surface area contributed by atoms with Gasteiger partial charge in [-0.25, -0.2) is 0 Å². The number of anilines is 1. The summed E-state index contributed by atoms with van der Waals surface area (Å²) in [4.78, 5) is 76.9. The number of halogens is 3. The summed E-state index contributed by atoms with van der Waals surface area (Å²) in [5.41, 5.74) is -4.65. The molecule has 2 aliphatic rings. The predicted molar refractivity (Wildman–Crippen MR) is 164 cm³/mol. The molecule has 0 bridgehead atoms. The molecule has 5 N–H and O–H groups in total. The summed E-state index contributed by atoms with van der Waals surface area (Å²) in [7, 11) is -5.80. The Hall–Kier alpha value is -3.40. The maximum Gasteiger partial charge on any atom is 0.399 e. The minimum atomic E-state index is -5.80. The van der Waals surface area contributed by atoms with E-state index in [1.165, 1.54) is 22.8 Å². The number of hydrogen-bond donors (Lipinski definition) is 5. The summed E-state index contributed by atoms with van der Waals surface area (Å²) in [6.45, 7) is 1.52. The average Bonchev–Trinajstić information content (AvgIpc) is 3.58. The Bertz CT molecular complexity index is 1680. The fourth-order valence-corrected chi connectivity index (χ4v) is 6.47. The van der Waals surface area contributed by atoms with Crippen LogP contribution in [-0.4, -0.2) is 79.4 Å². The van der Waals surface area contributed by atoms with Gasteiger partial charge in [0, 0.05) is 51.8 Å². The molecule has 0 radical (unpaired) electrons. The molecule has 1 aromatic heterocycles. The molecule has 0 saturated carbocycles. The van der Waals surface area contributed by atoms with Crippen LogP contribution in [0.25, 0.3) is 10.9 Å². The number of carbonyl (C=O) groups is 4. The molecule has 44 heavy (non-hydrogen) atoms. The molecule has 3 aromatic rings. The Balaban J connectivity index is 1.39. The first-order chi connectivity index (χ1) is 20.7. The van der Waals surface area contributed by atoms with Crippen LogP contribution in [0, 0.1) is 3.57 Å².